The monoisotopic (exact) mass is 232 g/mol. The van der Waals surface area contributed by atoms with Crippen LogP contribution in [0.2, 0.25) is 25.7 Å². The Morgan fingerprint density at radius 2 is 2.14 bits per heavy atom. The van der Waals surface area contributed by atoms with Crippen LogP contribution in [-0.2, 0) is 13.6 Å². The van der Waals surface area contributed by atoms with Crippen LogP contribution in [0.1, 0.15) is 6.42 Å². The van der Waals surface area contributed by atoms with Crippen molar-refractivity contribution in [2.24, 2.45) is 0 Å². The third-order valence-corrected chi connectivity index (χ3v) is 6.55. The molecule has 0 N–H and O–H groups in total. The van der Waals surface area contributed by atoms with E-state index >= 15 is 0 Å². The van der Waals surface area contributed by atoms with Crippen molar-refractivity contribution in [2.45, 2.75) is 32.1 Å². The molecule has 0 aromatic heterocycles. The Morgan fingerprint density at radius 1 is 1.50 bits per heavy atom. The minimum absolute atomic E-state index is 0.335. The van der Waals surface area contributed by atoms with Crippen LogP contribution in [0.4, 0.5) is 0 Å². The first-order valence-corrected chi connectivity index (χ1v) is 9.87. The van der Waals surface area contributed by atoms with Gasteiger partial charge in [-0.3, -0.25) is 0 Å². The zero-order chi connectivity index (χ0) is 11.0. The van der Waals surface area contributed by atoms with Crippen LogP contribution in [0, 0.1) is 0 Å². The van der Waals surface area contributed by atoms with E-state index in [1.165, 1.54) is 6.08 Å². The molecule has 0 heterocycles. The van der Waals surface area contributed by atoms with Crippen molar-refractivity contribution in [2.75, 3.05) is 6.61 Å². The number of rotatable bonds is 7. The summed E-state index contributed by atoms with van der Waals surface area (Å²) in [6.45, 7) is 10.4. The Hall–Kier alpha value is -0.396. The largest absolute Gasteiger partial charge is 0.463 e. The summed E-state index contributed by atoms with van der Waals surface area (Å²) in [4.78, 5) is 10.7. The van der Waals surface area contributed by atoms with Gasteiger partial charge in [0, 0.05) is 6.08 Å². The van der Waals surface area contributed by atoms with Gasteiger partial charge in [-0.25, -0.2) is 4.79 Å². The van der Waals surface area contributed by atoms with E-state index < -0.39 is 18.1 Å². The Kier molecular flexibility index (Phi) is 6.77. The first kappa shape index (κ1) is 13.6. The van der Waals surface area contributed by atoms with Crippen LogP contribution >= 0.6 is 0 Å². The zero-order valence-electron chi connectivity index (χ0n) is 9.34. The molecule has 82 valence electrons. The van der Waals surface area contributed by atoms with Gasteiger partial charge in [-0.1, -0.05) is 6.58 Å². The summed E-state index contributed by atoms with van der Waals surface area (Å²) in [5, 5.41) is 0. The van der Waals surface area contributed by atoms with Crippen LogP contribution in [0.3, 0.4) is 0 Å². The zero-order valence-corrected chi connectivity index (χ0v) is 11.8. The maximum Gasteiger partial charge on any atom is 0.330 e. The van der Waals surface area contributed by atoms with E-state index in [0.29, 0.717) is 6.61 Å². The summed E-state index contributed by atoms with van der Waals surface area (Å²) in [7, 11) is -1.71. The lowest BCUT2D eigenvalue weighted by Gasteiger charge is -2.17. The maximum atomic E-state index is 10.7. The second kappa shape index (κ2) is 6.97. The van der Waals surface area contributed by atoms with Gasteiger partial charge in [0.05, 0.1) is 6.61 Å². The van der Waals surface area contributed by atoms with Crippen molar-refractivity contribution >= 4 is 24.0 Å². The molecule has 0 bridgehead atoms. The van der Waals surface area contributed by atoms with Gasteiger partial charge < -0.3 is 8.85 Å². The molecular formula is C9H20O3Si2. The Labute approximate surface area is 89.6 Å². The fourth-order valence-corrected chi connectivity index (χ4v) is 4.25. The van der Waals surface area contributed by atoms with E-state index in [1.807, 2.05) is 0 Å². The van der Waals surface area contributed by atoms with Gasteiger partial charge in [0.1, 0.15) is 9.76 Å². The Morgan fingerprint density at radius 3 is 2.64 bits per heavy atom. The predicted molar refractivity (Wildman–Crippen MR) is 63.6 cm³/mol. The standard InChI is InChI=1S/C9H20O3Si2/c1-5-9(10)11-7-6-8-13-12-14(2,3)4/h5H,1,6-8,13H2,2-4H3. The van der Waals surface area contributed by atoms with Crippen molar-refractivity contribution in [1.29, 1.82) is 0 Å². The molecule has 0 saturated carbocycles. The van der Waals surface area contributed by atoms with Crippen molar-refractivity contribution in [3.8, 4) is 0 Å². The van der Waals surface area contributed by atoms with Gasteiger partial charge in [0.2, 0.25) is 0 Å². The predicted octanol–water partition coefficient (Wildman–Crippen LogP) is 1.46. The van der Waals surface area contributed by atoms with Gasteiger partial charge in [0.25, 0.3) is 0 Å². The lowest BCUT2D eigenvalue weighted by molar-refractivity contribution is -0.137. The van der Waals surface area contributed by atoms with E-state index in [-0.39, 0.29) is 5.97 Å². The molecule has 0 aliphatic carbocycles. The van der Waals surface area contributed by atoms with Gasteiger partial charge >= 0.3 is 5.97 Å². The number of esters is 1. The highest BCUT2D eigenvalue weighted by Crippen LogP contribution is 2.03. The molecule has 0 aliphatic rings. The second-order valence-corrected chi connectivity index (χ2v) is 10.5. The molecule has 0 aromatic rings. The third kappa shape index (κ3) is 9.69. The van der Waals surface area contributed by atoms with Crippen molar-refractivity contribution in [3.05, 3.63) is 12.7 Å². The molecule has 0 saturated heterocycles. The molecule has 0 spiro atoms. The van der Waals surface area contributed by atoms with Gasteiger partial charge in [0.15, 0.2) is 8.32 Å². The summed E-state index contributed by atoms with van der Waals surface area (Å²) in [6, 6.07) is 1.08. The van der Waals surface area contributed by atoms with Gasteiger partial charge in [-0.05, 0) is 32.1 Å². The molecular weight excluding hydrogens is 212 g/mol. The fraction of sp³-hybridized carbons (Fsp3) is 0.667. The average Bonchev–Trinajstić information content (AvgIpc) is 2.08. The van der Waals surface area contributed by atoms with Crippen molar-refractivity contribution < 1.29 is 13.6 Å². The molecule has 0 rings (SSSR count). The van der Waals surface area contributed by atoms with E-state index in [2.05, 4.69) is 26.2 Å². The second-order valence-electron chi connectivity index (χ2n) is 4.04. The SMILES string of the molecule is C=CC(=O)OCCC[SiH2]O[Si](C)(C)C. The highest BCUT2D eigenvalue weighted by molar-refractivity contribution is 6.73. The fourth-order valence-electron chi connectivity index (χ4n) is 0.814. The summed E-state index contributed by atoms with van der Waals surface area (Å²) >= 11 is 0. The highest BCUT2D eigenvalue weighted by Gasteiger charge is 2.12. The third-order valence-electron chi connectivity index (χ3n) is 1.48. The van der Waals surface area contributed by atoms with Crippen LogP contribution < -0.4 is 0 Å². The molecule has 0 aliphatic heterocycles. The van der Waals surface area contributed by atoms with Crippen LogP contribution in [-0.4, -0.2) is 30.7 Å². The van der Waals surface area contributed by atoms with Gasteiger partial charge in [-0.2, -0.15) is 0 Å². The molecule has 0 atom stereocenters. The molecule has 5 heteroatoms. The molecule has 14 heavy (non-hydrogen) atoms. The molecule has 0 radical (unpaired) electrons. The molecule has 3 nitrogen and oxygen atoms in total. The smallest absolute Gasteiger partial charge is 0.330 e. The van der Waals surface area contributed by atoms with E-state index in [9.17, 15) is 4.79 Å². The van der Waals surface area contributed by atoms with E-state index in [0.717, 1.165) is 12.5 Å². The Balaban J connectivity index is 3.22. The Bertz CT molecular complexity index is 187. The minimum Gasteiger partial charge on any atom is -0.463 e. The number of hydrogen-bond donors (Lipinski definition) is 0. The molecule has 0 aromatic carbocycles. The van der Waals surface area contributed by atoms with Gasteiger partial charge in [-0.15, -0.1) is 0 Å². The first-order valence-electron chi connectivity index (χ1n) is 4.89. The van der Waals surface area contributed by atoms with Crippen molar-refractivity contribution in [1.82, 2.24) is 0 Å². The summed E-state index contributed by atoms with van der Waals surface area (Å²) < 4.78 is 10.6. The lowest BCUT2D eigenvalue weighted by atomic mass is 10.5. The van der Waals surface area contributed by atoms with Crippen LogP contribution in [0.25, 0.3) is 0 Å². The van der Waals surface area contributed by atoms with E-state index in [1.54, 1.807) is 0 Å². The molecule has 0 amide bonds. The van der Waals surface area contributed by atoms with Crippen molar-refractivity contribution in [3.63, 3.8) is 0 Å². The summed E-state index contributed by atoms with van der Waals surface area (Å²) in [5.41, 5.74) is 0. The quantitative estimate of drug-likeness (QED) is 0.288. The number of carbonyl (C=O) groups excluding carboxylic acids is 1. The summed E-state index contributed by atoms with van der Waals surface area (Å²) in [5.74, 6) is -0.335. The van der Waals surface area contributed by atoms with Crippen LogP contribution in [0.15, 0.2) is 12.7 Å². The number of ether oxygens (including phenoxy) is 1. The van der Waals surface area contributed by atoms with E-state index in [4.69, 9.17) is 8.85 Å². The lowest BCUT2D eigenvalue weighted by Crippen LogP contribution is -2.27. The average molecular weight is 232 g/mol. The minimum atomic E-state index is -1.31. The molecule has 0 fully saturated rings. The number of hydrogen-bond acceptors (Lipinski definition) is 3. The summed E-state index contributed by atoms with van der Waals surface area (Å²) in [6.07, 6.45) is 2.10. The number of carbonyl (C=O) groups is 1. The topological polar surface area (TPSA) is 35.5 Å². The normalized spacial score (nSPS) is 11.9. The first-order chi connectivity index (χ1) is 6.45. The molecule has 0 unspecified atom stereocenters. The van der Waals surface area contributed by atoms with Crippen LogP contribution in [0.5, 0.6) is 0 Å². The highest BCUT2D eigenvalue weighted by atomic mass is 28.4. The maximum absolute atomic E-state index is 10.7.